The van der Waals surface area contributed by atoms with E-state index in [9.17, 15) is 17.2 Å². The first-order valence-corrected chi connectivity index (χ1v) is 6.17. The van der Waals surface area contributed by atoms with Gasteiger partial charge in [-0.15, -0.1) is 0 Å². The summed E-state index contributed by atoms with van der Waals surface area (Å²) in [7, 11) is -3.90. The first-order chi connectivity index (χ1) is 7.85. The van der Waals surface area contributed by atoms with Crippen molar-refractivity contribution >= 4 is 10.0 Å². The number of sulfonamides is 1. The van der Waals surface area contributed by atoms with E-state index in [4.69, 9.17) is 5.26 Å². The molecule has 1 fully saturated rings. The zero-order valence-electron chi connectivity index (χ0n) is 8.60. The Balaban J connectivity index is 2.31. The number of nitrogens with zero attached hydrogens (tertiary/aromatic N) is 2. The molecule has 1 aromatic carbocycles. The van der Waals surface area contributed by atoms with Crippen LogP contribution in [0.3, 0.4) is 0 Å². The number of nitriles is 1. The molecule has 0 aromatic heterocycles. The zero-order chi connectivity index (χ0) is 12.7. The summed E-state index contributed by atoms with van der Waals surface area (Å²) in [5.41, 5.74) is 0.179. The van der Waals surface area contributed by atoms with Gasteiger partial charge in [0.15, 0.2) is 0 Å². The van der Waals surface area contributed by atoms with E-state index in [1.807, 2.05) is 0 Å². The van der Waals surface area contributed by atoms with Crippen LogP contribution < -0.4 is 0 Å². The van der Waals surface area contributed by atoms with Crippen LogP contribution in [0.15, 0.2) is 29.2 Å². The van der Waals surface area contributed by atoms with Crippen molar-refractivity contribution in [1.29, 1.82) is 5.26 Å². The summed E-state index contributed by atoms with van der Waals surface area (Å²) in [5.74, 6) is -2.94. The number of alkyl halides is 2. The van der Waals surface area contributed by atoms with E-state index in [1.165, 1.54) is 24.3 Å². The Kier molecular flexibility index (Phi) is 2.64. The molecule has 1 aliphatic rings. The molecule has 90 valence electrons. The molecule has 1 saturated heterocycles. The Labute approximate surface area is 97.1 Å². The summed E-state index contributed by atoms with van der Waals surface area (Å²) in [4.78, 5) is -0.132. The van der Waals surface area contributed by atoms with Gasteiger partial charge in [0.1, 0.15) is 0 Å². The van der Waals surface area contributed by atoms with E-state index < -0.39 is 29.0 Å². The van der Waals surface area contributed by atoms with Gasteiger partial charge in [0.2, 0.25) is 10.0 Å². The smallest absolute Gasteiger partial charge is 0.207 e. The van der Waals surface area contributed by atoms with E-state index in [0.717, 1.165) is 0 Å². The molecule has 0 atom stereocenters. The Morgan fingerprint density at radius 3 is 2.53 bits per heavy atom. The molecule has 2 rings (SSSR count). The van der Waals surface area contributed by atoms with Crippen molar-refractivity contribution in [1.82, 2.24) is 4.31 Å². The largest absolute Gasteiger partial charge is 0.275 e. The maximum Gasteiger partial charge on any atom is 0.275 e. The van der Waals surface area contributed by atoms with Crippen molar-refractivity contribution < 1.29 is 17.2 Å². The van der Waals surface area contributed by atoms with Gasteiger partial charge in [0.05, 0.1) is 29.6 Å². The quantitative estimate of drug-likeness (QED) is 0.800. The molecule has 0 unspecified atom stereocenters. The van der Waals surface area contributed by atoms with E-state index in [2.05, 4.69) is 0 Å². The van der Waals surface area contributed by atoms with Crippen molar-refractivity contribution in [2.45, 2.75) is 10.8 Å². The predicted octanol–water partition coefficient (Wildman–Crippen LogP) is 1.20. The highest BCUT2D eigenvalue weighted by molar-refractivity contribution is 7.89. The lowest BCUT2D eigenvalue weighted by molar-refractivity contribution is -0.0945. The topological polar surface area (TPSA) is 61.2 Å². The summed E-state index contributed by atoms with van der Waals surface area (Å²) in [6.45, 7) is -1.60. The van der Waals surface area contributed by atoms with Crippen molar-refractivity contribution in [3.05, 3.63) is 29.8 Å². The fourth-order valence-electron chi connectivity index (χ4n) is 1.51. The highest BCUT2D eigenvalue weighted by Gasteiger charge is 2.49. The van der Waals surface area contributed by atoms with E-state index in [1.54, 1.807) is 6.07 Å². The molecule has 0 spiro atoms. The van der Waals surface area contributed by atoms with Gasteiger partial charge in [0.25, 0.3) is 5.92 Å². The van der Waals surface area contributed by atoms with Gasteiger partial charge in [-0.05, 0) is 18.2 Å². The fourth-order valence-corrected chi connectivity index (χ4v) is 3.06. The normalized spacial score (nSPS) is 19.4. The Morgan fingerprint density at radius 1 is 1.35 bits per heavy atom. The summed E-state index contributed by atoms with van der Waals surface area (Å²) in [6, 6.07) is 7.11. The van der Waals surface area contributed by atoms with Crippen molar-refractivity contribution in [2.75, 3.05) is 13.1 Å². The number of rotatable bonds is 2. The van der Waals surface area contributed by atoms with Crippen molar-refractivity contribution in [3.63, 3.8) is 0 Å². The lowest BCUT2D eigenvalue weighted by atomic mass is 10.2. The average molecular weight is 258 g/mol. The zero-order valence-corrected chi connectivity index (χ0v) is 9.42. The molecule has 0 bridgehead atoms. The van der Waals surface area contributed by atoms with Crippen LogP contribution in [0.2, 0.25) is 0 Å². The molecule has 0 N–H and O–H groups in total. The fraction of sp³-hybridized carbons (Fsp3) is 0.300. The first-order valence-electron chi connectivity index (χ1n) is 4.73. The second-order valence-electron chi connectivity index (χ2n) is 3.77. The molecule has 1 aromatic rings. The molecule has 1 aliphatic heterocycles. The highest BCUT2D eigenvalue weighted by Crippen LogP contribution is 2.32. The Bertz CT molecular complexity index is 585. The van der Waals surface area contributed by atoms with E-state index in [0.29, 0.717) is 4.31 Å². The number of hydrogen-bond donors (Lipinski definition) is 0. The monoisotopic (exact) mass is 258 g/mol. The van der Waals surface area contributed by atoms with E-state index >= 15 is 0 Å². The second kappa shape index (κ2) is 3.75. The van der Waals surface area contributed by atoms with Crippen LogP contribution in [0, 0.1) is 11.3 Å². The van der Waals surface area contributed by atoms with Gasteiger partial charge in [-0.3, -0.25) is 0 Å². The predicted molar refractivity (Wildman–Crippen MR) is 54.9 cm³/mol. The van der Waals surface area contributed by atoms with Crippen LogP contribution in [0.25, 0.3) is 0 Å². The lowest BCUT2D eigenvalue weighted by Gasteiger charge is -2.37. The summed E-state index contributed by atoms with van der Waals surface area (Å²) < 4.78 is 49.6. The molecule has 0 amide bonds. The van der Waals surface area contributed by atoms with Gasteiger partial charge in [-0.1, -0.05) is 6.07 Å². The standard InChI is InChI=1S/C10H8F2N2O2S/c11-10(12)6-14(7-10)17(15,16)9-3-1-2-8(4-9)5-13/h1-4H,6-7H2. The number of benzene rings is 1. The Hall–Kier alpha value is -1.52. The minimum absolute atomic E-state index is 0.132. The van der Waals surface area contributed by atoms with Crippen LogP contribution in [0.1, 0.15) is 5.56 Å². The SMILES string of the molecule is N#Cc1cccc(S(=O)(=O)N2CC(F)(F)C2)c1. The molecular formula is C10H8F2N2O2S. The summed E-state index contributed by atoms with van der Waals surface area (Å²) in [5, 5.41) is 8.64. The minimum atomic E-state index is -3.90. The molecule has 0 saturated carbocycles. The average Bonchev–Trinajstić information content (AvgIpc) is 2.26. The first kappa shape index (κ1) is 12.0. The second-order valence-corrected chi connectivity index (χ2v) is 5.71. The van der Waals surface area contributed by atoms with Crippen LogP contribution in [0.4, 0.5) is 8.78 Å². The highest BCUT2D eigenvalue weighted by atomic mass is 32.2. The van der Waals surface area contributed by atoms with Gasteiger partial charge < -0.3 is 0 Å². The van der Waals surface area contributed by atoms with Crippen LogP contribution >= 0.6 is 0 Å². The molecule has 17 heavy (non-hydrogen) atoms. The minimum Gasteiger partial charge on any atom is -0.207 e. The van der Waals surface area contributed by atoms with Crippen LogP contribution in [-0.4, -0.2) is 31.7 Å². The van der Waals surface area contributed by atoms with Crippen LogP contribution in [0.5, 0.6) is 0 Å². The summed E-state index contributed by atoms with van der Waals surface area (Å²) in [6.07, 6.45) is 0. The van der Waals surface area contributed by atoms with Gasteiger partial charge in [-0.25, -0.2) is 17.2 Å². The van der Waals surface area contributed by atoms with Crippen molar-refractivity contribution in [2.24, 2.45) is 0 Å². The van der Waals surface area contributed by atoms with Gasteiger partial charge in [-0.2, -0.15) is 9.57 Å². The maximum atomic E-state index is 12.6. The van der Waals surface area contributed by atoms with Crippen molar-refractivity contribution in [3.8, 4) is 6.07 Å². The third kappa shape index (κ3) is 2.14. The van der Waals surface area contributed by atoms with Crippen LogP contribution in [-0.2, 0) is 10.0 Å². The molecule has 0 radical (unpaired) electrons. The Morgan fingerprint density at radius 2 is 2.00 bits per heavy atom. The maximum absolute atomic E-state index is 12.6. The van der Waals surface area contributed by atoms with Gasteiger partial charge >= 0.3 is 0 Å². The number of halogens is 2. The molecule has 0 aliphatic carbocycles. The third-order valence-corrected chi connectivity index (χ3v) is 4.20. The third-order valence-electron chi connectivity index (χ3n) is 2.42. The summed E-state index contributed by atoms with van der Waals surface area (Å²) >= 11 is 0. The lowest BCUT2D eigenvalue weighted by Crippen LogP contribution is -2.58. The molecular weight excluding hydrogens is 250 g/mol. The molecule has 7 heteroatoms. The van der Waals surface area contributed by atoms with E-state index in [-0.39, 0.29) is 10.5 Å². The molecule has 4 nitrogen and oxygen atoms in total. The number of hydrogen-bond acceptors (Lipinski definition) is 3. The molecule has 1 heterocycles. The van der Waals surface area contributed by atoms with Gasteiger partial charge in [0, 0.05) is 0 Å².